The van der Waals surface area contributed by atoms with Crippen LogP contribution in [-0.4, -0.2) is 91.0 Å². The van der Waals surface area contributed by atoms with E-state index < -0.39 is 11.6 Å². The van der Waals surface area contributed by atoms with Gasteiger partial charge in [0.25, 0.3) is 0 Å². The fourth-order valence-electron chi connectivity index (χ4n) is 7.90. The van der Waals surface area contributed by atoms with Crippen molar-refractivity contribution in [2.75, 3.05) is 32.8 Å². The molecule has 0 aliphatic carbocycles. The maximum Gasteiger partial charge on any atom is 0.410 e. The van der Waals surface area contributed by atoms with E-state index >= 15 is 0 Å². The van der Waals surface area contributed by atoms with Crippen molar-refractivity contribution < 1.29 is 33.6 Å². The molecule has 3 aliphatic heterocycles. The molecule has 0 spiro atoms. The van der Waals surface area contributed by atoms with Crippen LogP contribution in [0.15, 0.2) is 97.1 Å². The number of likely N-dealkylation sites (tertiary alicyclic amines) is 1. The van der Waals surface area contributed by atoms with Crippen LogP contribution < -0.4 is 9.47 Å². The van der Waals surface area contributed by atoms with Crippen LogP contribution in [0.5, 0.6) is 11.5 Å². The Bertz CT molecular complexity index is 2790. The van der Waals surface area contributed by atoms with Crippen LogP contribution >= 0.6 is 46.4 Å². The number of fused-ring (bicyclic) bond motifs is 1. The molecule has 2 saturated heterocycles. The molecular weight excluding hydrogens is 938 g/mol. The molecule has 67 heavy (non-hydrogen) atoms. The van der Waals surface area contributed by atoms with Crippen LogP contribution in [0, 0.1) is 0 Å². The third-order valence-electron chi connectivity index (χ3n) is 11.4. The summed E-state index contributed by atoms with van der Waals surface area (Å²) in [6.07, 6.45) is 3.89. The van der Waals surface area contributed by atoms with E-state index in [1.54, 1.807) is 59.5 Å². The average Bonchev–Trinajstić information content (AvgIpc) is 4.04. The van der Waals surface area contributed by atoms with Gasteiger partial charge < -0.3 is 33.5 Å². The second-order valence-corrected chi connectivity index (χ2v) is 19.2. The first-order valence-electron chi connectivity index (χ1n) is 22.0. The molecule has 1 amide bonds. The van der Waals surface area contributed by atoms with Gasteiger partial charge in [0, 0.05) is 54.4 Å². The lowest BCUT2D eigenvalue weighted by Crippen LogP contribution is -2.35. The molecule has 1 unspecified atom stereocenters. The van der Waals surface area contributed by atoms with E-state index in [1.165, 1.54) is 0 Å². The number of aromatic carboxylic acids is 1. The number of hydrogen-bond donors (Lipinski definition) is 1. The predicted octanol–water partition coefficient (Wildman–Crippen LogP) is 11.4. The topological polar surface area (TPSA) is 141 Å². The Kier molecular flexibility index (Phi) is 15.3. The Labute approximate surface area is 409 Å². The van der Waals surface area contributed by atoms with Crippen molar-refractivity contribution in [1.29, 1.82) is 0 Å². The van der Waals surface area contributed by atoms with Gasteiger partial charge in [-0.1, -0.05) is 64.6 Å². The van der Waals surface area contributed by atoms with Gasteiger partial charge in [-0.3, -0.25) is 9.88 Å². The summed E-state index contributed by atoms with van der Waals surface area (Å²) >= 11 is 24.3. The van der Waals surface area contributed by atoms with Crippen LogP contribution in [0.2, 0.25) is 20.1 Å². The maximum atomic E-state index is 12.3. The number of carbonyl (C=O) groups is 2. The zero-order valence-corrected chi connectivity index (χ0v) is 40.3. The van der Waals surface area contributed by atoms with Crippen LogP contribution in [-0.2, 0) is 35.8 Å². The van der Waals surface area contributed by atoms with E-state index in [2.05, 4.69) is 15.5 Å². The normalized spacial score (nSPS) is 17.1. The molecule has 350 valence electrons. The molecule has 0 bridgehead atoms. The molecule has 13 nitrogen and oxygen atoms in total. The van der Waals surface area contributed by atoms with Crippen molar-refractivity contribution in [1.82, 2.24) is 29.3 Å². The Hall–Kier alpha value is -5.41. The van der Waals surface area contributed by atoms with Crippen molar-refractivity contribution in [3.05, 3.63) is 151 Å². The quantitative estimate of drug-likeness (QED) is 0.118. The first kappa shape index (κ1) is 48.1. The van der Waals surface area contributed by atoms with Crippen LogP contribution in [0.1, 0.15) is 78.5 Å². The standard InChI is InChI=1S/C29H26Cl2N4O4.C21H24Cl2N2O3/c30-20-5-7-27(23(31)13-20)39-17-21-2-1-3-24(32-21)19-8-10-34(14-19)16-28-33-25-6-4-18(29(36)37)12-26(25)35(28)15-22-9-11-38-22;1-21(2,3)28-20(26)25-10-9-14(12-25)18-6-4-5-16(24-18)13-27-19-8-7-15(22)11-17(19)23/h1-8,12-13,22H,9-11,14-17H2,(H,36,37);4-8,11,14H,9-10,12-13H2,1-3H3/t22-;/m0./s1. The molecule has 0 radical (unpaired) electrons. The Morgan fingerprint density at radius 2 is 1.49 bits per heavy atom. The number of halogens is 4. The van der Waals surface area contributed by atoms with E-state index in [9.17, 15) is 14.7 Å². The van der Waals surface area contributed by atoms with Crippen molar-refractivity contribution in [3.8, 4) is 11.5 Å². The number of rotatable bonds is 13. The third kappa shape index (κ3) is 12.6. The monoisotopic (exact) mass is 986 g/mol. The minimum absolute atomic E-state index is 0.124. The van der Waals surface area contributed by atoms with Gasteiger partial charge in [0.2, 0.25) is 0 Å². The summed E-state index contributed by atoms with van der Waals surface area (Å²) in [6.45, 7) is 11.0. The van der Waals surface area contributed by atoms with E-state index in [1.807, 2.05) is 57.2 Å². The molecule has 6 aromatic rings. The van der Waals surface area contributed by atoms with Crippen LogP contribution in [0.4, 0.5) is 4.79 Å². The molecule has 17 heteroatoms. The lowest BCUT2D eigenvalue weighted by Gasteiger charge is -2.28. The maximum absolute atomic E-state index is 12.3. The summed E-state index contributed by atoms with van der Waals surface area (Å²) in [5, 5.41) is 11.5. The van der Waals surface area contributed by atoms with Gasteiger partial charge in [-0.25, -0.2) is 19.6 Å². The Morgan fingerprint density at radius 3 is 2.12 bits per heavy atom. The van der Waals surface area contributed by atoms with E-state index in [0.29, 0.717) is 64.4 Å². The van der Waals surface area contributed by atoms with Gasteiger partial charge in [0.05, 0.1) is 62.9 Å². The molecule has 1 N–H and O–H groups in total. The van der Waals surface area contributed by atoms with Crippen molar-refractivity contribution >= 4 is 75.1 Å². The Balaban J connectivity index is 0.000000192. The van der Waals surface area contributed by atoms with Crippen LogP contribution in [0.3, 0.4) is 0 Å². The SMILES string of the molecule is CC(C)(C)OC(=O)N1CCC(c2cccc(COc3ccc(Cl)cc3Cl)n2)C1.O=C(O)c1ccc2nc(CN3CC=C(c4cccc(COc5ccc(Cl)cc5Cl)n4)C3)n(C[C@@H]3CCO3)c2c1. The molecule has 2 fully saturated rings. The largest absolute Gasteiger partial charge is 0.486 e. The smallest absolute Gasteiger partial charge is 0.410 e. The lowest BCUT2D eigenvalue weighted by atomic mass is 10.0. The van der Waals surface area contributed by atoms with E-state index in [-0.39, 0.29) is 30.3 Å². The molecule has 3 aromatic carbocycles. The highest BCUT2D eigenvalue weighted by Crippen LogP contribution is 2.32. The summed E-state index contributed by atoms with van der Waals surface area (Å²) < 4.78 is 24.9. The summed E-state index contributed by atoms with van der Waals surface area (Å²) in [5.41, 5.74) is 5.97. The first-order valence-corrected chi connectivity index (χ1v) is 23.5. The van der Waals surface area contributed by atoms with E-state index in [4.69, 9.17) is 80.3 Å². The zero-order valence-electron chi connectivity index (χ0n) is 37.3. The second-order valence-electron chi connectivity index (χ2n) is 17.5. The second kappa shape index (κ2) is 21.3. The van der Waals surface area contributed by atoms with E-state index in [0.717, 1.165) is 77.7 Å². The van der Waals surface area contributed by atoms with Crippen molar-refractivity contribution in [3.63, 3.8) is 0 Å². The molecule has 0 saturated carbocycles. The zero-order chi connectivity index (χ0) is 47.2. The number of amides is 1. The van der Waals surface area contributed by atoms with Gasteiger partial charge >= 0.3 is 12.1 Å². The number of hydrogen-bond acceptors (Lipinski definition) is 10. The van der Waals surface area contributed by atoms with Crippen molar-refractivity contribution in [2.24, 2.45) is 0 Å². The average molecular weight is 989 g/mol. The lowest BCUT2D eigenvalue weighted by molar-refractivity contribution is -0.0591. The van der Waals surface area contributed by atoms with Gasteiger partial charge in [-0.2, -0.15) is 0 Å². The summed E-state index contributed by atoms with van der Waals surface area (Å²) in [7, 11) is 0. The number of aromatic nitrogens is 4. The number of nitrogens with zero attached hydrogens (tertiary/aromatic N) is 6. The predicted molar refractivity (Wildman–Crippen MR) is 260 cm³/mol. The third-order valence-corrected chi connectivity index (χ3v) is 12.4. The minimum atomic E-state index is -0.948. The highest BCUT2D eigenvalue weighted by Gasteiger charge is 2.31. The fraction of sp³-hybridized carbons (Fsp3) is 0.340. The molecule has 9 rings (SSSR count). The molecule has 6 heterocycles. The number of imidazole rings is 1. The van der Waals surface area contributed by atoms with Crippen LogP contribution in [0.25, 0.3) is 16.6 Å². The number of carboxylic acid groups (broad SMARTS) is 1. The van der Waals surface area contributed by atoms with Gasteiger partial charge in [-0.05, 0) is 118 Å². The highest BCUT2D eigenvalue weighted by molar-refractivity contribution is 6.36. The highest BCUT2D eigenvalue weighted by atomic mass is 35.5. The van der Waals surface area contributed by atoms with Gasteiger partial charge in [-0.15, -0.1) is 0 Å². The number of pyridine rings is 2. The summed E-state index contributed by atoms with van der Waals surface area (Å²) in [5.74, 6) is 1.26. The molecule has 3 aliphatic rings. The number of ether oxygens (including phenoxy) is 4. The molecular formula is C50H50Cl4N6O7. The van der Waals surface area contributed by atoms with Crippen molar-refractivity contribution in [2.45, 2.75) is 77.5 Å². The number of carboxylic acids is 1. The fourth-order valence-corrected chi connectivity index (χ4v) is 8.83. The first-order chi connectivity index (χ1) is 32.1. The molecule has 2 atom stereocenters. The van der Waals surface area contributed by atoms with Gasteiger partial charge in [0.1, 0.15) is 36.1 Å². The Morgan fingerprint density at radius 1 is 0.821 bits per heavy atom. The van der Waals surface area contributed by atoms with Gasteiger partial charge in [0.15, 0.2) is 0 Å². The minimum Gasteiger partial charge on any atom is -0.486 e. The number of benzene rings is 3. The summed E-state index contributed by atoms with van der Waals surface area (Å²) in [4.78, 5) is 42.3. The molecule has 3 aromatic heterocycles. The number of carbonyl (C=O) groups excluding carboxylic acids is 1. The summed E-state index contributed by atoms with van der Waals surface area (Å²) in [6, 6.07) is 27.1.